The topological polar surface area (TPSA) is 93.4 Å². The third-order valence-corrected chi connectivity index (χ3v) is 2.96. The van der Waals surface area contributed by atoms with Crippen LogP contribution in [0, 0.1) is 5.92 Å². The first kappa shape index (κ1) is 11.8. The first-order valence-electron chi connectivity index (χ1n) is 5.44. The summed E-state index contributed by atoms with van der Waals surface area (Å²) in [5.41, 5.74) is 0. The van der Waals surface area contributed by atoms with Crippen LogP contribution in [0.15, 0.2) is 0 Å². The van der Waals surface area contributed by atoms with Crippen LogP contribution >= 0.6 is 0 Å². The van der Waals surface area contributed by atoms with Gasteiger partial charge in [0, 0.05) is 13.6 Å². The Morgan fingerprint density at radius 3 is 2.94 bits per heavy atom. The SMILES string of the molecule is CCN(c1nnnn1C)C1COCC1C(=O)O. The molecule has 0 radical (unpaired) electrons. The van der Waals surface area contributed by atoms with Crippen LogP contribution < -0.4 is 4.90 Å². The fourth-order valence-corrected chi connectivity index (χ4v) is 2.08. The van der Waals surface area contributed by atoms with Crippen molar-refractivity contribution >= 4 is 11.9 Å². The minimum absolute atomic E-state index is 0.220. The maximum Gasteiger partial charge on any atom is 0.311 e. The highest BCUT2D eigenvalue weighted by Gasteiger charge is 2.39. The number of aryl methyl sites for hydroxylation is 1. The van der Waals surface area contributed by atoms with Gasteiger partial charge >= 0.3 is 5.97 Å². The molecule has 1 fully saturated rings. The van der Waals surface area contributed by atoms with Crippen molar-refractivity contribution < 1.29 is 14.6 Å². The molecule has 0 aliphatic carbocycles. The minimum atomic E-state index is -0.846. The highest BCUT2D eigenvalue weighted by molar-refractivity contribution is 5.72. The van der Waals surface area contributed by atoms with E-state index in [1.165, 1.54) is 4.68 Å². The van der Waals surface area contributed by atoms with Gasteiger partial charge in [0.05, 0.1) is 19.3 Å². The molecule has 8 heteroatoms. The Balaban J connectivity index is 2.24. The molecule has 0 aromatic carbocycles. The zero-order valence-electron chi connectivity index (χ0n) is 9.78. The maximum atomic E-state index is 11.1. The molecule has 0 spiro atoms. The molecule has 94 valence electrons. The molecule has 1 aromatic rings. The van der Waals surface area contributed by atoms with Gasteiger partial charge in [-0.15, -0.1) is 0 Å². The monoisotopic (exact) mass is 241 g/mol. The van der Waals surface area contributed by atoms with E-state index in [1.54, 1.807) is 7.05 Å². The smallest absolute Gasteiger partial charge is 0.311 e. The van der Waals surface area contributed by atoms with Gasteiger partial charge in [0.15, 0.2) is 0 Å². The third-order valence-electron chi connectivity index (χ3n) is 2.96. The van der Waals surface area contributed by atoms with Gasteiger partial charge in [-0.1, -0.05) is 5.10 Å². The number of aliphatic carboxylic acids is 1. The Labute approximate surface area is 98.2 Å². The van der Waals surface area contributed by atoms with Gasteiger partial charge in [-0.05, 0) is 17.4 Å². The number of tetrazole rings is 1. The van der Waals surface area contributed by atoms with Crippen LogP contribution in [0.2, 0.25) is 0 Å². The molecule has 8 nitrogen and oxygen atoms in total. The Morgan fingerprint density at radius 2 is 2.41 bits per heavy atom. The molecule has 1 N–H and O–H groups in total. The number of rotatable bonds is 4. The lowest BCUT2D eigenvalue weighted by atomic mass is 10.0. The van der Waals surface area contributed by atoms with Gasteiger partial charge in [0.1, 0.15) is 5.92 Å². The van der Waals surface area contributed by atoms with Gasteiger partial charge in [-0.2, -0.15) is 0 Å². The Morgan fingerprint density at radius 1 is 1.65 bits per heavy atom. The van der Waals surface area contributed by atoms with Crippen LogP contribution in [0.4, 0.5) is 5.95 Å². The van der Waals surface area contributed by atoms with Crippen molar-refractivity contribution in [2.45, 2.75) is 13.0 Å². The van der Waals surface area contributed by atoms with Gasteiger partial charge in [-0.25, -0.2) is 4.68 Å². The zero-order chi connectivity index (χ0) is 12.4. The second-order valence-electron chi connectivity index (χ2n) is 3.94. The number of hydrogen-bond donors (Lipinski definition) is 1. The standard InChI is InChI=1S/C9H15N5O3/c1-3-14(9-10-11-12-13(9)2)7-5-17-4-6(7)8(15)16/h6-7H,3-5H2,1-2H3,(H,15,16). The normalized spacial score (nSPS) is 23.9. The highest BCUT2D eigenvalue weighted by atomic mass is 16.5. The van der Waals surface area contributed by atoms with E-state index in [9.17, 15) is 4.79 Å². The molecule has 2 unspecified atom stereocenters. The van der Waals surface area contributed by atoms with Crippen molar-refractivity contribution in [2.75, 3.05) is 24.7 Å². The fourth-order valence-electron chi connectivity index (χ4n) is 2.08. The molecule has 0 amide bonds. The van der Waals surface area contributed by atoms with Crippen molar-refractivity contribution in [3.8, 4) is 0 Å². The minimum Gasteiger partial charge on any atom is -0.481 e. The molecule has 0 bridgehead atoms. The molecular weight excluding hydrogens is 226 g/mol. The molecule has 17 heavy (non-hydrogen) atoms. The van der Waals surface area contributed by atoms with Crippen molar-refractivity contribution in [3.63, 3.8) is 0 Å². The maximum absolute atomic E-state index is 11.1. The molecule has 2 atom stereocenters. The average Bonchev–Trinajstić information content (AvgIpc) is 2.90. The third kappa shape index (κ3) is 2.07. The number of aromatic nitrogens is 4. The summed E-state index contributed by atoms with van der Waals surface area (Å²) in [5, 5.41) is 20.4. The van der Waals surface area contributed by atoms with Gasteiger partial charge in [-0.3, -0.25) is 4.79 Å². The lowest BCUT2D eigenvalue weighted by Crippen LogP contribution is -2.44. The lowest BCUT2D eigenvalue weighted by molar-refractivity contribution is -0.141. The quantitative estimate of drug-likeness (QED) is 0.732. The summed E-state index contributed by atoms with van der Waals surface area (Å²) in [6.45, 7) is 3.19. The molecule has 1 saturated heterocycles. The molecule has 1 aliphatic heterocycles. The van der Waals surface area contributed by atoms with Crippen LogP contribution in [0.5, 0.6) is 0 Å². The van der Waals surface area contributed by atoms with Crippen LogP contribution in [-0.2, 0) is 16.6 Å². The van der Waals surface area contributed by atoms with Crippen molar-refractivity contribution in [3.05, 3.63) is 0 Å². The zero-order valence-corrected chi connectivity index (χ0v) is 9.78. The van der Waals surface area contributed by atoms with Crippen molar-refractivity contribution in [1.29, 1.82) is 0 Å². The number of hydrogen-bond acceptors (Lipinski definition) is 6. The van der Waals surface area contributed by atoms with Gasteiger partial charge in [0.25, 0.3) is 0 Å². The van der Waals surface area contributed by atoms with E-state index in [2.05, 4.69) is 15.5 Å². The van der Waals surface area contributed by atoms with E-state index in [0.717, 1.165) is 0 Å². The Bertz CT molecular complexity index is 407. The van der Waals surface area contributed by atoms with E-state index >= 15 is 0 Å². The predicted molar refractivity (Wildman–Crippen MR) is 57.6 cm³/mol. The second kappa shape index (κ2) is 4.66. The highest BCUT2D eigenvalue weighted by Crippen LogP contribution is 2.23. The summed E-state index contributed by atoms with van der Waals surface area (Å²) in [4.78, 5) is 13.0. The summed E-state index contributed by atoms with van der Waals surface area (Å²) in [6.07, 6.45) is 0. The number of carboxylic acids is 1. The molecule has 1 aromatic heterocycles. The summed E-state index contributed by atoms with van der Waals surface area (Å²) in [5.74, 6) is -0.818. The van der Waals surface area contributed by atoms with Crippen LogP contribution in [0.1, 0.15) is 6.92 Å². The predicted octanol–water partition coefficient (Wildman–Crippen LogP) is -0.864. The number of anilines is 1. The number of nitrogens with zero attached hydrogens (tertiary/aromatic N) is 5. The number of likely N-dealkylation sites (N-methyl/N-ethyl adjacent to an activating group) is 1. The molecule has 2 rings (SSSR count). The first-order chi connectivity index (χ1) is 8.15. The van der Waals surface area contributed by atoms with Crippen LogP contribution in [0.25, 0.3) is 0 Å². The van der Waals surface area contributed by atoms with E-state index in [1.807, 2.05) is 11.8 Å². The first-order valence-corrected chi connectivity index (χ1v) is 5.44. The van der Waals surface area contributed by atoms with Crippen LogP contribution in [-0.4, -0.2) is 57.1 Å². The Kier molecular flexibility index (Phi) is 3.23. The lowest BCUT2D eigenvalue weighted by Gasteiger charge is -2.28. The van der Waals surface area contributed by atoms with Crippen molar-refractivity contribution in [2.24, 2.45) is 13.0 Å². The largest absolute Gasteiger partial charge is 0.481 e. The second-order valence-corrected chi connectivity index (χ2v) is 3.94. The van der Waals surface area contributed by atoms with E-state index in [-0.39, 0.29) is 12.6 Å². The molecule has 2 heterocycles. The molecule has 1 aliphatic rings. The van der Waals surface area contributed by atoms with E-state index in [4.69, 9.17) is 9.84 Å². The van der Waals surface area contributed by atoms with Crippen LogP contribution in [0.3, 0.4) is 0 Å². The summed E-state index contributed by atoms with van der Waals surface area (Å²) >= 11 is 0. The van der Waals surface area contributed by atoms with Crippen molar-refractivity contribution in [1.82, 2.24) is 20.2 Å². The number of carboxylic acid groups (broad SMARTS) is 1. The molecular formula is C9H15N5O3. The van der Waals surface area contributed by atoms with Gasteiger partial charge < -0.3 is 14.7 Å². The summed E-state index contributed by atoms with van der Waals surface area (Å²) in [6, 6.07) is -0.220. The molecule has 0 saturated carbocycles. The number of ether oxygens (including phenoxy) is 1. The van der Waals surface area contributed by atoms with E-state index in [0.29, 0.717) is 19.1 Å². The number of carbonyl (C=O) groups is 1. The fraction of sp³-hybridized carbons (Fsp3) is 0.778. The summed E-state index contributed by atoms with van der Waals surface area (Å²) in [7, 11) is 1.73. The van der Waals surface area contributed by atoms with E-state index < -0.39 is 11.9 Å². The summed E-state index contributed by atoms with van der Waals surface area (Å²) < 4.78 is 6.78. The van der Waals surface area contributed by atoms with Gasteiger partial charge in [0.2, 0.25) is 5.95 Å². The average molecular weight is 241 g/mol. The Hall–Kier alpha value is -1.70.